The summed E-state index contributed by atoms with van der Waals surface area (Å²) in [6.45, 7) is 7.43. The number of hydrogen-bond acceptors (Lipinski definition) is 6. The molecule has 1 amide bonds. The van der Waals surface area contributed by atoms with Crippen LogP contribution in [0.25, 0.3) is 0 Å². The smallest absolute Gasteiger partial charge is 0.267 e. The summed E-state index contributed by atoms with van der Waals surface area (Å²) in [4.78, 5) is 17.5. The van der Waals surface area contributed by atoms with Crippen molar-refractivity contribution in [2.45, 2.75) is 19.4 Å². The van der Waals surface area contributed by atoms with Crippen molar-refractivity contribution in [3.05, 3.63) is 11.1 Å². The van der Waals surface area contributed by atoms with Gasteiger partial charge in [0.1, 0.15) is 4.88 Å². The van der Waals surface area contributed by atoms with Gasteiger partial charge in [-0.1, -0.05) is 17.8 Å². The highest BCUT2D eigenvalue weighted by molar-refractivity contribution is 7.07. The Bertz CT molecular complexity index is 447. The average Bonchev–Trinajstić information content (AvgIpc) is 3.17. The van der Waals surface area contributed by atoms with Crippen LogP contribution in [0.4, 0.5) is 0 Å². The van der Waals surface area contributed by atoms with Crippen LogP contribution in [0, 0.1) is 5.92 Å². The van der Waals surface area contributed by atoms with Crippen LogP contribution in [-0.4, -0.2) is 70.7 Å². The molecule has 20 heavy (non-hydrogen) atoms. The second-order valence-corrected chi connectivity index (χ2v) is 6.16. The first-order chi connectivity index (χ1) is 9.79. The Hall–Kier alpha value is -1.05. The summed E-state index contributed by atoms with van der Waals surface area (Å²) >= 11 is 1.18. The first-order valence-electron chi connectivity index (χ1n) is 7.18. The molecule has 0 aromatic carbocycles. The predicted octanol–water partition coefficient (Wildman–Crippen LogP) is 0.721. The number of nitrogens with zero attached hydrogens (tertiary/aromatic N) is 4. The van der Waals surface area contributed by atoms with Gasteiger partial charge in [-0.2, -0.15) is 0 Å². The Kier molecular flexibility index (Phi) is 4.28. The molecule has 0 saturated carbocycles. The lowest BCUT2D eigenvalue weighted by Gasteiger charge is -2.34. The van der Waals surface area contributed by atoms with E-state index in [1.165, 1.54) is 11.5 Å². The topological polar surface area (TPSA) is 58.6 Å². The van der Waals surface area contributed by atoms with E-state index in [-0.39, 0.29) is 5.91 Å². The third-order valence-electron chi connectivity index (χ3n) is 4.30. The predicted molar refractivity (Wildman–Crippen MR) is 75.8 cm³/mol. The van der Waals surface area contributed by atoms with Crippen LogP contribution in [0.1, 0.15) is 23.0 Å². The van der Waals surface area contributed by atoms with Crippen LogP contribution in [-0.2, 0) is 4.74 Å². The molecule has 7 heteroatoms. The van der Waals surface area contributed by atoms with E-state index >= 15 is 0 Å². The van der Waals surface area contributed by atoms with Gasteiger partial charge in [-0.05, 0) is 17.5 Å². The van der Waals surface area contributed by atoms with Gasteiger partial charge >= 0.3 is 0 Å². The third kappa shape index (κ3) is 2.70. The lowest BCUT2D eigenvalue weighted by Crippen LogP contribution is -2.47. The van der Waals surface area contributed by atoms with Crippen molar-refractivity contribution in [2.75, 3.05) is 39.4 Å². The summed E-state index contributed by atoms with van der Waals surface area (Å²) in [5.41, 5.74) is 0. The Morgan fingerprint density at radius 3 is 2.90 bits per heavy atom. The van der Waals surface area contributed by atoms with Crippen LogP contribution >= 0.6 is 11.5 Å². The maximum absolute atomic E-state index is 12.4. The van der Waals surface area contributed by atoms with Crippen molar-refractivity contribution >= 4 is 17.4 Å². The third-order valence-corrected chi connectivity index (χ3v) is 4.96. The van der Waals surface area contributed by atoms with Crippen LogP contribution in [0.5, 0.6) is 0 Å². The summed E-state index contributed by atoms with van der Waals surface area (Å²) in [5, 5.41) is 3.76. The number of carbonyl (C=O) groups excluding carboxylic acids is 1. The number of rotatable bonds is 3. The van der Waals surface area contributed by atoms with Gasteiger partial charge in [-0.3, -0.25) is 9.69 Å². The van der Waals surface area contributed by atoms with E-state index in [0.29, 0.717) is 16.8 Å². The molecule has 0 radical (unpaired) electrons. The quantitative estimate of drug-likeness (QED) is 0.822. The highest BCUT2D eigenvalue weighted by Crippen LogP contribution is 2.27. The van der Waals surface area contributed by atoms with Crippen LogP contribution < -0.4 is 0 Å². The molecule has 2 atom stereocenters. The molecule has 0 N–H and O–H groups in total. The monoisotopic (exact) mass is 296 g/mol. The normalized spacial score (nSPS) is 27.9. The van der Waals surface area contributed by atoms with Crippen LogP contribution in [0.2, 0.25) is 0 Å². The Morgan fingerprint density at radius 2 is 2.25 bits per heavy atom. The standard InChI is InChI=1S/C13H20N4O2S/c1-2-10-8-17(13(18)12-7-14-15-20-12)9-11(10)16-3-5-19-6-4-16/h7,10-11H,2-6,8-9H2,1H3/t10-,11-/m1/s1. The maximum Gasteiger partial charge on any atom is 0.267 e. The zero-order chi connectivity index (χ0) is 13.9. The fourth-order valence-electron chi connectivity index (χ4n) is 3.16. The van der Waals surface area contributed by atoms with E-state index in [1.807, 2.05) is 4.90 Å². The highest BCUT2D eigenvalue weighted by Gasteiger charge is 2.38. The number of amides is 1. The van der Waals surface area contributed by atoms with Gasteiger partial charge in [0.2, 0.25) is 0 Å². The Balaban J connectivity index is 1.69. The molecule has 0 aliphatic carbocycles. The van der Waals surface area contributed by atoms with Gasteiger partial charge in [-0.25, -0.2) is 0 Å². The number of hydrogen-bond donors (Lipinski definition) is 0. The molecule has 0 spiro atoms. The zero-order valence-electron chi connectivity index (χ0n) is 11.7. The van der Waals surface area contributed by atoms with E-state index in [9.17, 15) is 4.79 Å². The van der Waals surface area contributed by atoms with Crippen LogP contribution in [0.15, 0.2) is 6.20 Å². The minimum absolute atomic E-state index is 0.0780. The molecular weight excluding hydrogens is 276 g/mol. The largest absolute Gasteiger partial charge is 0.379 e. The summed E-state index contributed by atoms with van der Waals surface area (Å²) < 4.78 is 9.20. The van der Waals surface area contributed by atoms with Gasteiger partial charge in [-0.15, -0.1) is 5.10 Å². The van der Waals surface area contributed by atoms with Crippen molar-refractivity contribution in [1.29, 1.82) is 0 Å². The number of morpholine rings is 1. The second-order valence-electron chi connectivity index (χ2n) is 5.38. The van der Waals surface area contributed by atoms with Crippen molar-refractivity contribution in [2.24, 2.45) is 5.92 Å². The molecule has 110 valence electrons. The summed E-state index contributed by atoms with van der Waals surface area (Å²) in [6, 6.07) is 0.466. The fourth-order valence-corrected chi connectivity index (χ4v) is 3.64. The van der Waals surface area contributed by atoms with Gasteiger partial charge in [0.05, 0.1) is 19.4 Å². The molecule has 0 unspecified atom stereocenters. The number of aromatic nitrogens is 2. The molecule has 1 aromatic rings. The van der Waals surface area contributed by atoms with E-state index in [2.05, 4.69) is 21.4 Å². The van der Waals surface area contributed by atoms with E-state index in [1.54, 1.807) is 6.20 Å². The molecular formula is C13H20N4O2S. The molecule has 3 heterocycles. The number of ether oxygens (including phenoxy) is 1. The minimum Gasteiger partial charge on any atom is -0.379 e. The Labute approximate surface area is 122 Å². The molecule has 6 nitrogen and oxygen atoms in total. The van der Waals surface area contributed by atoms with Gasteiger partial charge < -0.3 is 9.64 Å². The van der Waals surface area contributed by atoms with E-state index in [0.717, 1.165) is 45.8 Å². The van der Waals surface area contributed by atoms with Crippen molar-refractivity contribution < 1.29 is 9.53 Å². The fraction of sp³-hybridized carbons (Fsp3) is 0.769. The molecule has 1 aromatic heterocycles. The average molecular weight is 296 g/mol. The molecule has 2 saturated heterocycles. The van der Waals surface area contributed by atoms with Gasteiger partial charge in [0.15, 0.2) is 0 Å². The second kappa shape index (κ2) is 6.15. The summed E-state index contributed by atoms with van der Waals surface area (Å²) in [6.07, 6.45) is 2.67. The van der Waals surface area contributed by atoms with Gasteiger partial charge in [0, 0.05) is 32.2 Å². The number of carbonyl (C=O) groups is 1. The minimum atomic E-state index is 0.0780. The molecule has 2 aliphatic heterocycles. The van der Waals surface area contributed by atoms with Crippen molar-refractivity contribution in [1.82, 2.24) is 19.4 Å². The van der Waals surface area contributed by atoms with Crippen molar-refractivity contribution in [3.8, 4) is 0 Å². The maximum atomic E-state index is 12.4. The summed E-state index contributed by atoms with van der Waals surface area (Å²) in [5.74, 6) is 0.632. The van der Waals surface area contributed by atoms with Crippen LogP contribution in [0.3, 0.4) is 0 Å². The Morgan fingerprint density at radius 1 is 1.45 bits per heavy atom. The summed E-state index contributed by atoms with van der Waals surface area (Å²) in [7, 11) is 0. The number of likely N-dealkylation sites (tertiary alicyclic amines) is 1. The van der Waals surface area contributed by atoms with Gasteiger partial charge in [0.25, 0.3) is 5.91 Å². The SMILES string of the molecule is CC[C@@H]1CN(C(=O)c2cnns2)C[C@H]1N1CCOCC1. The molecule has 0 bridgehead atoms. The first-order valence-corrected chi connectivity index (χ1v) is 7.95. The lowest BCUT2D eigenvalue weighted by atomic mass is 9.99. The first kappa shape index (κ1) is 13.9. The molecule has 2 fully saturated rings. The highest BCUT2D eigenvalue weighted by atomic mass is 32.1. The van der Waals surface area contributed by atoms with Crippen molar-refractivity contribution in [3.63, 3.8) is 0 Å². The lowest BCUT2D eigenvalue weighted by molar-refractivity contribution is 0.0103. The molecule has 3 rings (SSSR count). The van der Waals surface area contributed by atoms with E-state index in [4.69, 9.17) is 4.74 Å². The zero-order valence-corrected chi connectivity index (χ0v) is 12.5. The van der Waals surface area contributed by atoms with E-state index < -0.39 is 0 Å². The molecule has 2 aliphatic rings.